The Bertz CT molecular complexity index is 5290. The zero-order valence-corrected chi connectivity index (χ0v) is 76.3. The van der Waals surface area contributed by atoms with Crippen molar-refractivity contribution in [2.24, 2.45) is 0 Å². The van der Waals surface area contributed by atoms with E-state index in [2.05, 4.69) is 63.1 Å². The molecule has 1 saturated heterocycles. The number of carbonyl (C=O) groups excluding carboxylic acids is 8. The summed E-state index contributed by atoms with van der Waals surface area (Å²) in [5.41, 5.74) is 15.7. The van der Waals surface area contributed by atoms with E-state index in [1.165, 1.54) is 6.42 Å². The summed E-state index contributed by atoms with van der Waals surface area (Å²) < 4.78 is 29.0. The second-order valence-electron chi connectivity index (χ2n) is 36.6. The van der Waals surface area contributed by atoms with Gasteiger partial charge in [-0.1, -0.05) is 117 Å². The first-order valence-corrected chi connectivity index (χ1v) is 44.3. The first kappa shape index (κ1) is 94.6. The molecule has 126 heavy (non-hydrogen) atoms. The normalized spacial score (nSPS) is 14.0. The molecule has 1 aromatic heterocycles. The number of anilines is 12. The van der Waals surface area contributed by atoms with Gasteiger partial charge in [0.2, 0.25) is 11.8 Å². The molecule has 24 nitrogen and oxygen atoms in total. The predicted octanol–water partition coefficient (Wildman–Crippen LogP) is 21.7. The summed E-state index contributed by atoms with van der Waals surface area (Å²) in [7, 11) is 0. The van der Waals surface area contributed by atoms with Gasteiger partial charge in [-0.15, -0.1) is 0 Å². The Labute approximate surface area is 743 Å². The molecule has 8 amide bonds. The van der Waals surface area contributed by atoms with Crippen LogP contribution >= 0.6 is 0 Å². The Morgan fingerprint density at radius 3 is 0.913 bits per heavy atom. The fraction of sp³-hybridized carbons (Fsp3) is 0.412. The lowest BCUT2D eigenvalue weighted by Crippen LogP contribution is -2.40. The van der Waals surface area contributed by atoms with Crippen LogP contribution < -0.4 is 40.9 Å². The van der Waals surface area contributed by atoms with Gasteiger partial charge in [-0.3, -0.25) is 69.8 Å². The van der Waals surface area contributed by atoms with Crippen LogP contribution in [0.5, 0.6) is 0 Å². The summed E-state index contributed by atoms with van der Waals surface area (Å²) in [6.07, 6.45) is 13.9. The Kier molecular flexibility index (Phi) is 32.1. The van der Waals surface area contributed by atoms with E-state index in [9.17, 15) is 38.4 Å². The lowest BCUT2D eigenvalue weighted by molar-refractivity contribution is -0.124. The fourth-order valence-electron chi connectivity index (χ4n) is 15.9. The standard InChI is InChI=1S/C27H37N3O3.C26H33N3O3.C25H27N3O3.C24H30N2O4/c1-6-16-29(17-7-2)19-25(31)30-23-11-9-8-10-20(23)12-13-21-14-15-22(18-24(21)30)28-26(32)33-27(3,4)5;1-26(2,3)32-25(31)27-21-14-13-20-12-11-19-9-5-6-10-22(19)29(23(20)17-21)24(30)18-28-15-7-4-8-16-28;1-25(2,3)31-24(30)26-20-13-12-19-11-10-18-8-4-5-9-21(18)28(22(19)16-20)23(29)17-27-14-6-7-15-27;1-16(2)29-15-22(27)26-20-9-7-6-8-17(20)10-11-18-12-13-19(14-21(18)26)25-23(28)30-24(3,4)5/h8-11,14-15,18H,6-7,12-13,16-17,19H2,1-5H3,(H,28,32);5-6,9-10,13-14,17H,4,7-8,11-12,15-16,18H2,1-3H3,(H,27,31);4-9,12-16H,10-11,17H2,1-3H3,(H,26,30);6-9,12-14,16H,10-11,15H2,1-5H3,(H,25,28). The number of ether oxygens (including phenoxy) is 5. The lowest BCUT2D eigenvalue weighted by Gasteiger charge is -2.31. The molecule has 668 valence electrons. The molecule has 5 aliphatic heterocycles. The number of likely N-dealkylation sites (tertiary alicyclic amines) is 1. The van der Waals surface area contributed by atoms with Crippen LogP contribution in [0.2, 0.25) is 0 Å². The number of nitrogens with one attached hydrogen (secondary N) is 4. The third-order valence-electron chi connectivity index (χ3n) is 21.2. The van der Waals surface area contributed by atoms with Crippen LogP contribution in [0.15, 0.2) is 194 Å². The molecule has 0 spiro atoms. The second-order valence-corrected chi connectivity index (χ2v) is 36.6. The number of nitrogens with zero attached hydrogens (tertiary/aromatic N) is 7. The minimum Gasteiger partial charge on any atom is -0.444 e. The van der Waals surface area contributed by atoms with Gasteiger partial charge in [0, 0.05) is 35.1 Å². The molecule has 9 aromatic rings. The number of hydrogen-bond donors (Lipinski definition) is 4. The summed E-state index contributed by atoms with van der Waals surface area (Å²) in [5, 5.41) is 11.2. The highest BCUT2D eigenvalue weighted by molar-refractivity contribution is 6.07. The number of hydrogen-bond acceptors (Lipinski definition) is 15. The quantitative estimate of drug-likeness (QED) is 0.0618. The monoisotopic (exact) mass is 1710 g/mol. The van der Waals surface area contributed by atoms with Crippen LogP contribution in [0, 0.1) is 0 Å². The topological polar surface area (TPSA) is 255 Å². The average molecular weight is 1720 g/mol. The van der Waals surface area contributed by atoms with E-state index in [0.29, 0.717) is 35.8 Å². The van der Waals surface area contributed by atoms with Gasteiger partial charge in [0.15, 0.2) is 0 Å². The van der Waals surface area contributed by atoms with Crippen molar-refractivity contribution in [3.63, 3.8) is 0 Å². The van der Waals surface area contributed by atoms with Crippen LogP contribution in [0.1, 0.15) is 187 Å². The molecule has 1 fully saturated rings. The van der Waals surface area contributed by atoms with Gasteiger partial charge >= 0.3 is 24.4 Å². The summed E-state index contributed by atoms with van der Waals surface area (Å²) >= 11 is 0. The van der Waals surface area contributed by atoms with Crippen molar-refractivity contribution in [2.75, 3.05) is 86.7 Å². The highest BCUT2D eigenvalue weighted by atomic mass is 16.6. The zero-order chi connectivity index (χ0) is 90.6. The van der Waals surface area contributed by atoms with Gasteiger partial charge in [-0.25, -0.2) is 19.2 Å². The lowest BCUT2D eigenvalue weighted by atomic mass is 10.0. The third kappa shape index (κ3) is 27.0. The largest absolute Gasteiger partial charge is 0.444 e. The van der Waals surface area contributed by atoms with E-state index >= 15 is 0 Å². The molecular formula is C102H127N11O13. The number of aromatic nitrogens is 1. The molecule has 0 aliphatic carbocycles. The molecule has 0 unspecified atom stereocenters. The average Bonchev–Trinajstić information content (AvgIpc) is 1.61. The van der Waals surface area contributed by atoms with E-state index in [4.69, 9.17) is 23.7 Å². The van der Waals surface area contributed by atoms with Crippen LogP contribution in [0.4, 0.5) is 87.4 Å². The Balaban J connectivity index is 0.000000163. The number of carbonyl (C=O) groups is 8. The van der Waals surface area contributed by atoms with Crippen molar-refractivity contribution in [3.8, 4) is 0 Å². The van der Waals surface area contributed by atoms with Crippen molar-refractivity contribution in [3.05, 3.63) is 239 Å². The number of fused-ring (bicyclic) bond motifs is 8. The van der Waals surface area contributed by atoms with Crippen molar-refractivity contribution >= 4 is 116 Å². The molecule has 0 saturated carbocycles. The van der Waals surface area contributed by atoms with Crippen LogP contribution in [0.3, 0.4) is 0 Å². The highest BCUT2D eigenvalue weighted by Crippen LogP contribution is 2.43. The van der Waals surface area contributed by atoms with E-state index in [1.807, 2.05) is 287 Å². The maximum Gasteiger partial charge on any atom is 0.412 e. The Hall–Kier alpha value is -12.1. The number of aryl methyl sites for hydroxylation is 8. The number of para-hydroxylation sites is 4. The molecule has 6 heterocycles. The molecule has 0 atom stereocenters. The number of benzene rings is 8. The molecule has 14 rings (SSSR count). The van der Waals surface area contributed by atoms with E-state index < -0.39 is 46.8 Å². The Morgan fingerprint density at radius 1 is 0.341 bits per heavy atom. The summed E-state index contributed by atoms with van der Waals surface area (Å²) in [4.78, 5) is 115. The van der Waals surface area contributed by atoms with Crippen molar-refractivity contribution in [1.29, 1.82) is 0 Å². The molecule has 24 heteroatoms. The first-order chi connectivity index (χ1) is 59.9. The maximum atomic E-state index is 13.7. The Morgan fingerprint density at radius 2 is 0.619 bits per heavy atom. The third-order valence-corrected chi connectivity index (χ3v) is 21.2. The van der Waals surface area contributed by atoms with Gasteiger partial charge in [0.25, 0.3) is 11.8 Å². The summed E-state index contributed by atoms with van der Waals surface area (Å²) in [6.45, 7) is 34.7. The van der Waals surface area contributed by atoms with Gasteiger partial charge in [-0.2, -0.15) is 0 Å². The number of amides is 8. The molecule has 8 aromatic carbocycles. The molecule has 0 bridgehead atoms. The SMILES string of the molecule is CC(C)(C)OC(=O)Nc1ccc2c(c1)N(C(=O)CN1CCCCC1)c1ccccc1CC2.CC(C)(C)OC(=O)Nc1ccc2c(c1)N(C(=O)Cn1cccc1)c1ccccc1CC2.CC(C)OCC(=O)N1c2ccccc2CCc2ccc(NC(=O)OC(C)(C)C)cc21.CCCN(CCC)CC(=O)N1c2ccccc2CCc2ccc(NC(=O)OC(C)(C)C)cc21. The zero-order valence-electron chi connectivity index (χ0n) is 76.3. The van der Waals surface area contributed by atoms with E-state index in [1.54, 1.807) is 9.80 Å². The summed E-state index contributed by atoms with van der Waals surface area (Å²) in [5.74, 6) is -0.0752. The molecular weight excluding hydrogens is 1590 g/mol. The van der Waals surface area contributed by atoms with Crippen molar-refractivity contribution in [1.82, 2.24) is 14.4 Å². The minimum absolute atomic E-state index is 0.0187. The van der Waals surface area contributed by atoms with Gasteiger partial charge < -0.3 is 28.3 Å². The highest BCUT2D eigenvalue weighted by Gasteiger charge is 2.34. The van der Waals surface area contributed by atoms with Crippen LogP contribution in [-0.4, -0.2) is 137 Å². The smallest absolute Gasteiger partial charge is 0.412 e. The van der Waals surface area contributed by atoms with Crippen molar-refractivity contribution in [2.45, 2.75) is 229 Å². The first-order valence-electron chi connectivity index (χ1n) is 44.3. The number of piperidine rings is 1. The summed E-state index contributed by atoms with van der Waals surface area (Å²) in [6, 6.07) is 58.8. The molecule has 4 N–H and O–H groups in total. The maximum absolute atomic E-state index is 13.7. The van der Waals surface area contributed by atoms with E-state index in [-0.39, 0.29) is 42.9 Å². The molecule has 5 aliphatic rings. The fourth-order valence-corrected chi connectivity index (χ4v) is 15.9. The predicted molar refractivity (Wildman–Crippen MR) is 502 cm³/mol. The van der Waals surface area contributed by atoms with E-state index in [0.717, 1.165) is 193 Å². The minimum atomic E-state index is -0.592. The van der Waals surface area contributed by atoms with Crippen molar-refractivity contribution < 1.29 is 62.0 Å². The van der Waals surface area contributed by atoms with Crippen LogP contribution in [-0.2, 0) is 101 Å². The van der Waals surface area contributed by atoms with Gasteiger partial charge in [0.05, 0.1) is 64.7 Å². The number of rotatable bonds is 17. The second kappa shape index (κ2) is 42.7. The van der Waals surface area contributed by atoms with Gasteiger partial charge in [-0.05, 0) is 330 Å². The van der Waals surface area contributed by atoms with Crippen LogP contribution in [0.25, 0.3) is 0 Å². The van der Waals surface area contributed by atoms with Gasteiger partial charge in [0.1, 0.15) is 35.6 Å². The molecule has 0 radical (unpaired) electrons.